The first-order valence-corrected chi connectivity index (χ1v) is 8.81. The topological polar surface area (TPSA) is 58.1 Å². The molecule has 0 radical (unpaired) electrons. The Hall–Kier alpha value is -2.43. The summed E-state index contributed by atoms with van der Waals surface area (Å²) >= 11 is 0. The average Bonchev–Trinajstić information content (AvgIpc) is 2.60. The molecule has 0 saturated carbocycles. The first kappa shape index (κ1) is 18.9. The van der Waals surface area contributed by atoms with Crippen molar-refractivity contribution in [3.05, 3.63) is 41.6 Å². The third-order valence-electron chi connectivity index (χ3n) is 4.39. The monoisotopic (exact) mass is 340 g/mol. The summed E-state index contributed by atoms with van der Waals surface area (Å²) in [6, 6.07) is 8.40. The molecule has 1 N–H and O–H groups in total. The van der Waals surface area contributed by atoms with Crippen molar-refractivity contribution in [2.45, 2.75) is 53.1 Å². The van der Waals surface area contributed by atoms with E-state index in [1.807, 2.05) is 57.0 Å². The molecule has 1 atom stereocenters. The third kappa shape index (κ3) is 4.56. The van der Waals surface area contributed by atoms with Gasteiger partial charge in [0.25, 0.3) is 5.91 Å². The second kappa shape index (κ2) is 8.10. The highest BCUT2D eigenvalue weighted by molar-refractivity contribution is 5.99. The van der Waals surface area contributed by atoms with Crippen molar-refractivity contribution in [3.8, 4) is 11.4 Å². The van der Waals surface area contributed by atoms with Crippen LogP contribution in [0.2, 0.25) is 0 Å². The molecule has 134 valence electrons. The molecule has 25 heavy (non-hydrogen) atoms. The standard InChI is InChI=1S/C20H28N4O/c1-7-15(5)22-20(25)17-12-21-18(16-10-8-9-14(4)11-16)23-19(17)24(6)13(2)3/h8-13,15H,7H2,1-6H3,(H,22,25). The number of nitrogens with zero attached hydrogens (tertiary/aromatic N) is 3. The molecule has 0 spiro atoms. The second-order valence-corrected chi connectivity index (χ2v) is 6.79. The molecule has 0 bridgehead atoms. The molecule has 5 nitrogen and oxygen atoms in total. The number of carbonyl (C=O) groups is 1. The maximum absolute atomic E-state index is 12.6. The molecular weight excluding hydrogens is 312 g/mol. The lowest BCUT2D eigenvalue weighted by Crippen LogP contribution is -2.35. The van der Waals surface area contributed by atoms with Crippen molar-refractivity contribution >= 4 is 11.7 Å². The Labute approximate surface area is 150 Å². The Kier molecular flexibility index (Phi) is 6.12. The van der Waals surface area contributed by atoms with Gasteiger partial charge in [0, 0.05) is 30.9 Å². The van der Waals surface area contributed by atoms with Crippen LogP contribution in [0.25, 0.3) is 11.4 Å². The summed E-state index contributed by atoms with van der Waals surface area (Å²) in [7, 11) is 1.95. The number of hydrogen-bond donors (Lipinski definition) is 1. The Morgan fingerprint density at radius 1 is 1.28 bits per heavy atom. The minimum absolute atomic E-state index is 0.112. The van der Waals surface area contributed by atoms with Gasteiger partial charge >= 0.3 is 0 Å². The van der Waals surface area contributed by atoms with Crippen LogP contribution in [0.4, 0.5) is 5.82 Å². The zero-order chi connectivity index (χ0) is 18.6. The summed E-state index contributed by atoms with van der Waals surface area (Å²) in [5, 5.41) is 3.00. The van der Waals surface area contributed by atoms with Crippen molar-refractivity contribution in [2.75, 3.05) is 11.9 Å². The van der Waals surface area contributed by atoms with Crippen LogP contribution in [0.5, 0.6) is 0 Å². The summed E-state index contributed by atoms with van der Waals surface area (Å²) in [5.74, 6) is 1.15. The molecule has 1 aromatic carbocycles. The van der Waals surface area contributed by atoms with Gasteiger partial charge in [-0.25, -0.2) is 9.97 Å². The van der Waals surface area contributed by atoms with Crippen LogP contribution in [-0.2, 0) is 0 Å². The fourth-order valence-electron chi connectivity index (χ4n) is 2.37. The number of anilines is 1. The molecule has 0 aliphatic carbocycles. The van der Waals surface area contributed by atoms with E-state index in [1.165, 1.54) is 0 Å². The first-order valence-electron chi connectivity index (χ1n) is 8.81. The summed E-state index contributed by atoms with van der Waals surface area (Å²) in [6.07, 6.45) is 2.51. The summed E-state index contributed by atoms with van der Waals surface area (Å²) in [6.45, 7) is 10.2. The molecule has 5 heteroatoms. The van der Waals surface area contributed by atoms with Crippen LogP contribution in [0.1, 0.15) is 50.0 Å². The van der Waals surface area contributed by atoms with E-state index in [1.54, 1.807) is 6.20 Å². The molecule has 1 heterocycles. The lowest BCUT2D eigenvalue weighted by Gasteiger charge is -2.25. The summed E-state index contributed by atoms with van der Waals surface area (Å²) in [5.41, 5.74) is 2.61. The predicted molar refractivity (Wildman–Crippen MR) is 103 cm³/mol. The largest absolute Gasteiger partial charge is 0.356 e. The lowest BCUT2D eigenvalue weighted by atomic mass is 10.1. The maximum Gasteiger partial charge on any atom is 0.256 e. The van der Waals surface area contributed by atoms with Crippen LogP contribution in [0, 0.1) is 6.92 Å². The number of carbonyl (C=O) groups excluding carboxylic acids is 1. The van der Waals surface area contributed by atoms with Crippen LogP contribution in [-0.4, -0.2) is 35.0 Å². The van der Waals surface area contributed by atoms with Gasteiger partial charge in [-0.2, -0.15) is 0 Å². The van der Waals surface area contributed by atoms with Crippen molar-refractivity contribution < 1.29 is 4.79 Å². The van der Waals surface area contributed by atoms with Gasteiger partial charge in [0.05, 0.1) is 0 Å². The van der Waals surface area contributed by atoms with Gasteiger partial charge < -0.3 is 10.2 Å². The molecule has 2 aromatic rings. The Morgan fingerprint density at radius 2 is 2.00 bits per heavy atom. The SMILES string of the molecule is CCC(C)NC(=O)c1cnc(-c2cccc(C)c2)nc1N(C)C(C)C. The number of amides is 1. The number of nitrogens with one attached hydrogen (secondary N) is 1. The minimum Gasteiger partial charge on any atom is -0.356 e. The van der Waals surface area contributed by atoms with Gasteiger partial charge in [-0.15, -0.1) is 0 Å². The molecule has 1 aromatic heterocycles. The zero-order valence-corrected chi connectivity index (χ0v) is 16.0. The number of hydrogen-bond acceptors (Lipinski definition) is 4. The van der Waals surface area contributed by atoms with Gasteiger partial charge in [0.15, 0.2) is 5.82 Å². The van der Waals surface area contributed by atoms with E-state index >= 15 is 0 Å². The third-order valence-corrected chi connectivity index (χ3v) is 4.39. The average molecular weight is 340 g/mol. The molecule has 1 amide bonds. The van der Waals surface area contributed by atoms with Crippen LogP contribution in [0.3, 0.4) is 0 Å². The van der Waals surface area contributed by atoms with E-state index in [0.29, 0.717) is 17.2 Å². The Balaban J connectivity index is 2.48. The van der Waals surface area contributed by atoms with Crippen molar-refractivity contribution in [1.82, 2.24) is 15.3 Å². The molecule has 0 aliphatic heterocycles. The summed E-state index contributed by atoms with van der Waals surface area (Å²) < 4.78 is 0. The smallest absolute Gasteiger partial charge is 0.256 e. The van der Waals surface area contributed by atoms with Crippen molar-refractivity contribution in [2.24, 2.45) is 0 Å². The Morgan fingerprint density at radius 3 is 2.60 bits per heavy atom. The molecule has 1 unspecified atom stereocenters. The number of aryl methyl sites for hydroxylation is 1. The zero-order valence-electron chi connectivity index (χ0n) is 16.0. The Bertz CT molecular complexity index is 742. The fraction of sp³-hybridized carbons (Fsp3) is 0.450. The fourth-order valence-corrected chi connectivity index (χ4v) is 2.37. The van der Waals surface area contributed by atoms with Gasteiger partial charge in [-0.3, -0.25) is 4.79 Å². The van der Waals surface area contributed by atoms with Gasteiger partial charge in [-0.1, -0.05) is 30.7 Å². The molecule has 2 rings (SSSR count). The predicted octanol–water partition coefficient (Wildman–Crippen LogP) is 3.82. The highest BCUT2D eigenvalue weighted by atomic mass is 16.1. The van der Waals surface area contributed by atoms with Gasteiger partial charge in [0.1, 0.15) is 11.4 Å². The van der Waals surface area contributed by atoms with E-state index in [0.717, 1.165) is 17.5 Å². The molecule has 0 saturated heterocycles. The van der Waals surface area contributed by atoms with Gasteiger partial charge in [-0.05, 0) is 40.2 Å². The van der Waals surface area contributed by atoms with Gasteiger partial charge in [0.2, 0.25) is 0 Å². The van der Waals surface area contributed by atoms with Crippen LogP contribution < -0.4 is 10.2 Å². The molecule has 0 aliphatic rings. The highest BCUT2D eigenvalue weighted by Crippen LogP contribution is 2.23. The lowest BCUT2D eigenvalue weighted by molar-refractivity contribution is 0.0939. The van der Waals surface area contributed by atoms with Crippen molar-refractivity contribution in [3.63, 3.8) is 0 Å². The first-order chi connectivity index (χ1) is 11.8. The maximum atomic E-state index is 12.6. The van der Waals surface area contributed by atoms with Crippen LogP contribution in [0.15, 0.2) is 30.5 Å². The van der Waals surface area contributed by atoms with Crippen molar-refractivity contribution in [1.29, 1.82) is 0 Å². The van der Waals surface area contributed by atoms with E-state index in [-0.39, 0.29) is 18.0 Å². The van der Waals surface area contributed by atoms with E-state index in [4.69, 9.17) is 4.98 Å². The minimum atomic E-state index is -0.132. The van der Waals surface area contributed by atoms with Crippen LogP contribution >= 0.6 is 0 Å². The molecule has 0 fully saturated rings. The van der Waals surface area contributed by atoms with E-state index in [9.17, 15) is 4.79 Å². The summed E-state index contributed by atoms with van der Waals surface area (Å²) in [4.78, 5) is 23.8. The number of rotatable bonds is 6. The number of benzene rings is 1. The quantitative estimate of drug-likeness (QED) is 0.868. The van der Waals surface area contributed by atoms with E-state index < -0.39 is 0 Å². The molecular formula is C20H28N4O. The number of aromatic nitrogens is 2. The normalized spacial score (nSPS) is 12.1. The van der Waals surface area contributed by atoms with E-state index in [2.05, 4.69) is 24.1 Å². The highest BCUT2D eigenvalue weighted by Gasteiger charge is 2.20. The second-order valence-electron chi connectivity index (χ2n) is 6.79.